The van der Waals surface area contributed by atoms with E-state index in [9.17, 15) is 0 Å². The zero-order valence-corrected chi connectivity index (χ0v) is 60.5. The zero-order valence-electron chi connectivity index (χ0n) is 50.3. The van der Waals surface area contributed by atoms with Crippen molar-refractivity contribution in [3.63, 3.8) is 0 Å². The molecule has 27 heteroatoms. The monoisotopic (exact) mass is 1380 g/mol. The van der Waals surface area contributed by atoms with Crippen LogP contribution in [0.3, 0.4) is 0 Å². The molecule has 0 N–H and O–H groups in total. The molecule has 0 amide bonds. The number of hydrogen-bond donors (Lipinski definition) is 0. The summed E-state index contributed by atoms with van der Waals surface area (Å²) in [6.45, 7) is 10.1. The van der Waals surface area contributed by atoms with Gasteiger partial charge in [-0.25, -0.2) is 0 Å². The highest BCUT2D eigenvalue weighted by atomic mass is 28.6. The summed E-state index contributed by atoms with van der Waals surface area (Å²) in [5.74, 6) is 0. The quantitative estimate of drug-likeness (QED) is 0.0384. The topological polar surface area (TPSA) is 160 Å². The van der Waals surface area contributed by atoms with Crippen LogP contribution in [0.2, 0.25) is 25.2 Å². The van der Waals surface area contributed by atoms with E-state index in [0.717, 1.165) is 5.19 Å². The van der Waals surface area contributed by atoms with Crippen molar-refractivity contribution < 1.29 is 72.1 Å². The molecule has 0 aliphatic carbocycles. The summed E-state index contributed by atoms with van der Waals surface area (Å²) in [5.41, 5.74) is 0. The molecule has 5 heterocycles. The molecule has 0 spiro atoms. The Kier molecular flexibility index (Phi) is 19.2. The number of rotatable bonds is 21. The van der Waals surface area contributed by atoms with Gasteiger partial charge in [0.2, 0.25) is 0 Å². The third-order valence-corrected chi connectivity index (χ3v) is 57.5. The van der Waals surface area contributed by atoms with Crippen LogP contribution in [0.1, 0.15) is 12.8 Å². The highest BCUT2D eigenvalue weighted by Crippen LogP contribution is 2.45. The van der Waals surface area contributed by atoms with Crippen LogP contribution in [0.25, 0.3) is 0 Å². The Morgan fingerprint density at radius 2 is 0.711 bits per heavy atom. The number of fused-ring (bicyclic) bond motifs is 6. The van der Waals surface area contributed by atoms with Gasteiger partial charge in [-0.15, -0.1) is 6.58 Å². The molecule has 0 saturated carbocycles. The van der Waals surface area contributed by atoms with Gasteiger partial charge in [0.05, 0.1) is 19.8 Å². The van der Waals surface area contributed by atoms with Crippen molar-refractivity contribution in [1.82, 2.24) is 0 Å². The lowest BCUT2D eigenvalue weighted by Crippen LogP contribution is -2.89. The molecular formula is C63H72O17Si10. The summed E-state index contributed by atoms with van der Waals surface area (Å²) in [6, 6.07) is 78.8. The van der Waals surface area contributed by atoms with Gasteiger partial charge < -0.3 is 72.1 Å². The average molecular weight is 1380 g/mol. The molecule has 11 unspecified atom stereocenters. The van der Waals surface area contributed by atoms with E-state index in [4.69, 9.17) is 72.1 Å². The Morgan fingerprint density at radius 1 is 0.400 bits per heavy atom. The Morgan fingerprint density at radius 3 is 1.10 bits per heavy atom. The summed E-state index contributed by atoms with van der Waals surface area (Å²) in [5, 5.41) is 4.53. The Labute approximate surface area is 537 Å². The van der Waals surface area contributed by atoms with Crippen LogP contribution >= 0.6 is 0 Å². The second kappa shape index (κ2) is 27.1. The minimum Gasteiger partial charge on any atom is -0.391 e. The van der Waals surface area contributed by atoms with Crippen LogP contribution in [0.4, 0.5) is 0 Å². The minimum absolute atomic E-state index is 0.0484. The number of epoxide rings is 1. The lowest BCUT2D eigenvalue weighted by atomic mass is 10.4. The van der Waals surface area contributed by atoms with Crippen LogP contribution in [0, 0.1) is 0 Å². The van der Waals surface area contributed by atoms with Gasteiger partial charge in [-0.3, -0.25) is 0 Å². The Bertz CT molecular complexity index is 3650. The largest absolute Gasteiger partial charge is 0.520 e. The van der Waals surface area contributed by atoms with Crippen molar-refractivity contribution in [2.75, 3.05) is 40.1 Å². The van der Waals surface area contributed by atoms with Gasteiger partial charge in [0.1, 0.15) is 6.10 Å². The second-order valence-corrected chi connectivity index (χ2v) is 52.6. The smallest absolute Gasteiger partial charge is 0.391 e. The van der Waals surface area contributed by atoms with Crippen molar-refractivity contribution in [3.05, 3.63) is 255 Å². The lowest BCUT2D eigenvalue weighted by molar-refractivity contribution is 0.0502. The molecule has 8 aromatic rings. The number of benzene rings is 8. The summed E-state index contributed by atoms with van der Waals surface area (Å²) >= 11 is 0. The summed E-state index contributed by atoms with van der Waals surface area (Å²) in [6.07, 6.45) is 2.73. The molecule has 5 saturated heterocycles. The molecule has 0 radical (unpaired) electrons. The molecule has 90 heavy (non-hydrogen) atoms. The molecule has 5 aliphatic rings. The standard InChI is InChI=1S/C63H72O17Si10/c1-5-48-65-49-30-51-82(3)70-84(64-2,57-34-16-7-17-35-57)74-89(62-44-26-12-27-45-62)75-85(58-36-18-8-19-37-58)68-81(56-32-14-6-15-33-56)69-86(59-38-20-9-21-39-59)76-87(72-82,60-40-22-10-23-41-60)78-90(80-89,63-46-28-13-29-47-63)79-88(77-86,61-42-24-11-25-43-61)73-83(4,71-85)52-31-50-66-53-55-54-67-55/h5-29,32-47,55,81H,1,30-31,48-54H2,2-4H3. The van der Waals surface area contributed by atoms with E-state index >= 15 is 0 Å². The van der Waals surface area contributed by atoms with Crippen molar-refractivity contribution in [3.8, 4) is 0 Å². The van der Waals surface area contributed by atoms with E-state index in [0.29, 0.717) is 94.3 Å². The fraction of sp³-hybridized carbons (Fsp3) is 0.206. The SMILES string of the molecule is C=CCOCCC[Si]1(C)O[Si](OC)(c2ccccc2)O[Si]2(c3ccccc3)O[Si]3(c4ccccc4)O[SiH](c4ccccc4)O[Si]4(c5ccccc5)O[Si](c5ccccc5)(O1)O[Si](c1ccccc1)(O[Si](c1ccccc1)(O[Si](C)(CCCOCC1CO1)O3)O4)O2. The molecule has 11 atom stereocenters. The van der Waals surface area contributed by atoms with Crippen LogP contribution in [-0.2, 0) is 72.1 Å². The fourth-order valence-corrected chi connectivity index (χ4v) is 64.6. The van der Waals surface area contributed by atoms with Gasteiger partial charge in [-0.1, -0.05) is 249 Å². The first kappa shape index (κ1) is 63.7. The van der Waals surface area contributed by atoms with Crippen LogP contribution in [-0.4, -0.2) is 134 Å². The van der Waals surface area contributed by atoms with E-state index in [1.54, 1.807) is 13.2 Å². The van der Waals surface area contributed by atoms with Crippen LogP contribution in [0.5, 0.6) is 0 Å². The third-order valence-electron chi connectivity index (χ3n) is 15.8. The predicted octanol–water partition coefficient (Wildman–Crippen LogP) is 5.50. The highest BCUT2D eigenvalue weighted by Gasteiger charge is 2.79. The predicted molar refractivity (Wildman–Crippen MR) is 361 cm³/mol. The van der Waals surface area contributed by atoms with Crippen molar-refractivity contribution >= 4 is 130 Å². The summed E-state index contributed by atoms with van der Waals surface area (Å²) in [4.78, 5) is 0. The van der Waals surface area contributed by atoms with Gasteiger partial charge in [0, 0.05) is 56.6 Å². The molecule has 6 bridgehead atoms. The molecule has 5 fully saturated rings. The average Bonchev–Trinajstić information content (AvgIpc) is 1.16. The van der Waals surface area contributed by atoms with E-state index < -0.39 is 88.0 Å². The van der Waals surface area contributed by atoms with Crippen molar-refractivity contribution in [2.45, 2.75) is 44.1 Å². The first-order valence-corrected chi connectivity index (χ1v) is 49.0. The Balaban J connectivity index is 1.24. The third kappa shape index (κ3) is 13.4. The van der Waals surface area contributed by atoms with Gasteiger partial charge in [-0.05, 0) is 43.2 Å². The van der Waals surface area contributed by atoms with Crippen molar-refractivity contribution in [1.29, 1.82) is 0 Å². The molecule has 5 aliphatic heterocycles. The fourth-order valence-electron chi connectivity index (χ4n) is 11.5. The molecular weight excluding hydrogens is 1310 g/mol. The first-order valence-electron chi connectivity index (χ1n) is 30.3. The molecule has 0 aromatic heterocycles. The maximum absolute atomic E-state index is 8.65. The van der Waals surface area contributed by atoms with E-state index in [1.807, 2.05) is 256 Å². The highest BCUT2D eigenvalue weighted by molar-refractivity contribution is 7.10. The van der Waals surface area contributed by atoms with Gasteiger partial charge >= 0.3 is 88.0 Å². The minimum atomic E-state index is -5.26. The molecule has 8 aromatic carbocycles. The van der Waals surface area contributed by atoms with Crippen LogP contribution in [0.15, 0.2) is 255 Å². The normalized spacial score (nSPS) is 32.4. The zero-order chi connectivity index (χ0) is 61.6. The van der Waals surface area contributed by atoms with E-state index in [-0.39, 0.29) is 6.10 Å². The van der Waals surface area contributed by atoms with Gasteiger partial charge in [-0.2, -0.15) is 0 Å². The summed E-state index contributed by atoms with van der Waals surface area (Å²) in [7, 11) is -45.6. The number of hydrogen-bond acceptors (Lipinski definition) is 17. The first-order chi connectivity index (χ1) is 43.9. The Hall–Kier alpha value is -5.01. The summed E-state index contributed by atoms with van der Waals surface area (Å²) < 4.78 is 135. The van der Waals surface area contributed by atoms with Gasteiger partial charge in [0.25, 0.3) is 0 Å². The number of ether oxygens (including phenoxy) is 3. The maximum atomic E-state index is 8.65. The second-order valence-electron chi connectivity index (χ2n) is 22.6. The lowest BCUT2D eigenvalue weighted by Gasteiger charge is -2.58. The molecule has 13 rings (SSSR count). The van der Waals surface area contributed by atoms with E-state index in [2.05, 4.69) is 6.58 Å². The van der Waals surface area contributed by atoms with Crippen LogP contribution < -0.4 is 41.5 Å². The maximum Gasteiger partial charge on any atom is 0.520 e. The molecule has 466 valence electrons. The van der Waals surface area contributed by atoms with E-state index in [1.165, 1.54) is 0 Å². The van der Waals surface area contributed by atoms with Crippen molar-refractivity contribution in [2.24, 2.45) is 0 Å². The van der Waals surface area contributed by atoms with Gasteiger partial charge in [0.15, 0.2) is 0 Å². The molecule has 17 nitrogen and oxygen atoms in total.